The predicted octanol–water partition coefficient (Wildman–Crippen LogP) is 2.09. The molecule has 0 bridgehead atoms. The SMILES string of the molecule is COc1cccc(N2CCN(C(=O)CN3C(=S)NC(C)(C)C[C@H]3C)CC2)c1. The Labute approximate surface area is 167 Å². The van der Waals surface area contributed by atoms with Crippen molar-refractivity contribution in [3.8, 4) is 5.75 Å². The molecule has 2 aliphatic heterocycles. The molecule has 1 amide bonds. The summed E-state index contributed by atoms with van der Waals surface area (Å²) in [7, 11) is 1.68. The Hall–Kier alpha value is -2.02. The third-order valence-corrected chi connectivity index (χ3v) is 5.74. The van der Waals surface area contributed by atoms with Gasteiger partial charge in [0.15, 0.2) is 5.11 Å². The third kappa shape index (κ3) is 4.64. The van der Waals surface area contributed by atoms with Gasteiger partial charge in [0.25, 0.3) is 0 Å². The second kappa shape index (κ2) is 7.92. The predicted molar refractivity (Wildman–Crippen MR) is 112 cm³/mol. The van der Waals surface area contributed by atoms with Crippen LogP contribution in [-0.4, -0.2) is 72.2 Å². The van der Waals surface area contributed by atoms with Crippen molar-refractivity contribution in [1.29, 1.82) is 0 Å². The molecule has 27 heavy (non-hydrogen) atoms. The molecule has 3 rings (SSSR count). The maximum absolute atomic E-state index is 12.8. The van der Waals surface area contributed by atoms with Gasteiger partial charge in [-0.3, -0.25) is 4.79 Å². The van der Waals surface area contributed by atoms with E-state index in [-0.39, 0.29) is 17.5 Å². The van der Waals surface area contributed by atoms with E-state index in [4.69, 9.17) is 17.0 Å². The van der Waals surface area contributed by atoms with Crippen molar-refractivity contribution in [3.05, 3.63) is 24.3 Å². The third-order valence-electron chi connectivity index (χ3n) is 5.40. The number of piperazine rings is 1. The number of hydrogen-bond acceptors (Lipinski definition) is 4. The first-order valence-electron chi connectivity index (χ1n) is 9.54. The van der Waals surface area contributed by atoms with Crippen molar-refractivity contribution in [1.82, 2.24) is 15.1 Å². The summed E-state index contributed by atoms with van der Waals surface area (Å²) in [6, 6.07) is 8.33. The Morgan fingerprint density at radius 3 is 2.63 bits per heavy atom. The molecule has 2 heterocycles. The molecule has 1 aromatic rings. The highest BCUT2D eigenvalue weighted by atomic mass is 32.1. The average molecular weight is 391 g/mol. The fraction of sp³-hybridized carbons (Fsp3) is 0.600. The Kier molecular flexibility index (Phi) is 5.79. The molecule has 1 N–H and O–H groups in total. The molecule has 6 nitrogen and oxygen atoms in total. The molecule has 0 radical (unpaired) electrons. The molecule has 0 aromatic heterocycles. The number of methoxy groups -OCH3 is 1. The molecular formula is C20H30N4O2S. The minimum Gasteiger partial charge on any atom is -0.497 e. The summed E-state index contributed by atoms with van der Waals surface area (Å²) in [5.74, 6) is 1.00. The lowest BCUT2D eigenvalue weighted by atomic mass is 9.93. The van der Waals surface area contributed by atoms with Gasteiger partial charge < -0.3 is 24.8 Å². The molecular weight excluding hydrogens is 360 g/mol. The first-order valence-corrected chi connectivity index (χ1v) is 9.95. The van der Waals surface area contributed by atoms with E-state index in [1.165, 1.54) is 0 Å². The van der Waals surface area contributed by atoms with E-state index in [1.54, 1.807) is 7.11 Å². The Bertz CT molecular complexity index is 701. The van der Waals surface area contributed by atoms with Gasteiger partial charge in [-0.05, 0) is 51.5 Å². The average Bonchev–Trinajstić information content (AvgIpc) is 2.64. The normalized spacial score (nSPS) is 22.4. The van der Waals surface area contributed by atoms with E-state index >= 15 is 0 Å². The minimum atomic E-state index is -0.0155. The molecule has 148 valence electrons. The number of thiocarbonyl (C=S) groups is 1. The number of amides is 1. The lowest BCUT2D eigenvalue weighted by Gasteiger charge is -2.45. The van der Waals surface area contributed by atoms with Crippen molar-refractivity contribution in [2.24, 2.45) is 0 Å². The number of nitrogens with zero attached hydrogens (tertiary/aromatic N) is 3. The van der Waals surface area contributed by atoms with Crippen molar-refractivity contribution in [2.75, 3.05) is 44.7 Å². The Morgan fingerprint density at radius 2 is 2.00 bits per heavy atom. The summed E-state index contributed by atoms with van der Waals surface area (Å²) in [6.45, 7) is 9.88. The van der Waals surface area contributed by atoms with E-state index in [0.29, 0.717) is 11.7 Å². The van der Waals surface area contributed by atoms with Crippen LogP contribution in [0.4, 0.5) is 5.69 Å². The second-order valence-electron chi connectivity index (χ2n) is 8.06. The highest BCUT2D eigenvalue weighted by Crippen LogP contribution is 2.24. The maximum Gasteiger partial charge on any atom is 0.242 e. The second-order valence-corrected chi connectivity index (χ2v) is 8.45. The highest BCUT2D eigenvalue weighted by molar-refractivity contribution is 7.80. The summed E-state index contributed by atoms with van der Waals surface area (Å²) in [5.41, 5.74) is 1.12. The maximum atomic E-state index is 12.8. The molecule has 0 saturated carbocycles. The summed E-state index contributed by atoms with van der Waals surface area (Å²) in [6.07, 6.45) is 0.962. The lowest BCUT2D eigenvalue weighted by Crippen LogP contribution is -2.62. The van der Waals surface area contributed by atoms with Crippen LogP contribution in [0.5, 0.6) is 5.75 Å². The van der Waals surface area contributed by atoms with Crippen LogP contribution in [0.15, 0.2) is 24.3 Å². The smallest absolute Gasteiger partial charge is 0.242 e. The molecule has 7 heteroatoms. The standard InChI is InChI=1S/C20H30N4O2S/c1-15-13-20(2,3)21-19(27)24(15)14-18(25)23-10-8-22(9-11-23)16-6-5-7-17(12-16)26-4/h5-7,12,15H,8-11,13-14H2,1-4H3,(H,21,27)/t15-/m1/s1. The van der Waals surface area contributed by atoms with Crippen LogP contribution in [0.1, 0.15) is 27.2 Å². The first-order chi connectivity index (χ1) is 12.8. The molecule has 2 fully saturated rings. The number of hydrogen-bond donors (Lipinski definition) is 1. The van der Waals surface area contributed by atoms with Crippen molar-refractivity contribution < 1.29 is 9.53 Å². The zero-order chi connectivity index (χ0) is 19.6. The highest BCUT2D eigenvalue weighted by Gasteiger charge is 2.35. The van der Waals surface area contributed by atoms with Gasteiger partial charge in [0.05, 0.1) is 13.7 Å². The molecule has 2 saturated heterocycles. The summed E-state index contributed by atoms with van der Waals surface area (Å²) in [4.78, 5) is 19.1. The number of ether oxygens (including phenoxy) is 1. The van der Waals surface area contributed by atoms with Crippen LogP contribution in [-0.2, 0) is 4.79 Å². The van der Waals surface area contributed by atoms with Gasteiger partial charge in [-0.2, -0.15) is 0 Å². The van der Waals surface area contributed by atoms with E-state index in [1.807, 2.05) is 28.0 Å². The molecule has 1 aromatic carbocycles. The van der Waals surface area contributed by atoms with Crippen molar-refractivity contribution >= 4 is 28.9 Å². The lowest BCUT2D eigenvalue weighted by molar-refractivity contribution is -0.132. The van der Waals surface area contributed by atoms with E-state index < -0.39 is 0 Å². The van der Waals surface area contributed by atoms with Crippen LogP contribution >= 0.6 is 12.2 Å². The summed E-state index contributed by atoms with van der Waals surface area (Å²) in [5, 5.41) is 4.03. The molecule has 1 atom stereocenters. The van der Waals surface area contributed by atoms with Gasteiger partial charge in [0.1, 0.15) is 5.75 Å². The first kappa shape index (κ1) is 19.7. The Balaban J connectivity index is 1.55. The Morgan fingerprint density at radius 1 is 1.30 bits per heavy atom. The zero-order valence-electron chi connectivity index (χ0n) is 16.7. The quantitative estimate of drug-likeness (QED) is 0.795. The molecule has 0 aliphatic carbocycles. The van der Waals surface area contributed by atoms with Crippen LogP contribution in [0.2, 0.25) is 0 Å². The molecule has 0 spiro atoms. The fourth-order valence-electron chi connectivity index (χ4n) is 3.96. The number of benzene rings is 1. The minimum absolute atomic E-state index is 0.0155. The van der Waals surface area contributed by atoms with Gasteiger partial charge in [-0.1, -0.05) is 6.07 Å². The fourth-order valence-corrected chi connectivity index (χ4v) is 4.48. The number of carbonyl (C=O) groups is 1. The van der Waals surface area contributed by atoms with Crippen molar-refractivity contribution in [3.63, 3.8) is 0 Å². The van der Waals surface area contributed by atoms with Gasteiger partial charge in [0, 0.05) is 49.5 Å². The van der Waals surface area contributed by atoms with Crippen LogP contribution in [0, 0.1) is 0 Å². The molecule has 0 unspecified atom stereocenters. The topological polar surface area (TPSA) is 48.1 Å². The van der Waals surface area contributed by atoms with Crippen LogP contribution < -0.4 is 15.0 Å². The van der Waals surface area contributed by atoms with Gasteiger partial charge >= 0.3 is 0 Å². The van der Waals surface area contributed by atoms with E-state index in [2.05, 4.69) is 37.1 Å². The van der Waals surface area contributed by atoms with Crippen LogP contribution in [0.25, 0.3) is 0 Å². The van der Waals surface area contributed by atoms with E-state index in [0.717, 1.165) is 44.0 Å². The monoisotopic (exact) mass is 390 g/mol. The number of anilines is 1. The van der Waals surface area contributed by atoms with Gasteiger partial charge in [-0.15, -0.1) is 0 Å². The number of carbonyl (C=O) groups excluding carboxylic acids is 1. The van der Waals surface area contributed by atoms with Crippen LogP contribution in [0.3, 0.4) is 0 Å². The number of nitrogens with one attached hydrogen (secondary N) is 1. The van der Waals surface area contributed by atoms with E-state index in [9.17, 15) is 4.79 Å². The summed E-state index contributed by atoms with van der Waals surface area (Å²) < 4.78 is 5.31. The zero-order valence-corrected chi connectivity index (χ0v) is 17.5. The number of rotatable bonds is 4. The van der Waals surface area contributed by atoms with Crippen molar-refractivity contribution in [2.45, 2.75) is 38.8 Å². The molecule has 2 aliphatic rings. The summed E-state index contributed by atoms with van der Waals surface area (Å²) >= 11 is 5.50. The largest absolute Gasteiger partial charge is 0.497 e. The van der Waals surface area contributed by atoms with Gasteiger partial charge in [0.2, 0.25) is 5.91 Å². The van der Waals surface area contributed by atoms with Gasteiger partial charge in [-0.25, -0.2) is 0 Å².